The Balaban J connectivity index is 1.57. The van der Waals surface area contributed by atoms with Gasteiger partial charge in [0, 0.05) is 13.0 Å². The molecule has 3 aromatic rings. The number of hydrogen-bond donors (Lipinski definition) is 8. The fraction of sp³-hybridized carbons (Fsp3) is 0.370. The third-order valence-electron chi connectivity index (χ3n) is 6.19. The molecule has 4 amide bonds. The number of aromatic amines is 2. The number of H-pyrrole nitrogens is 2. The molecule has 13 nitrogen and oxygen atoms in total. The quantitative estimate of drug-likeness (QED) is 0.109. The van der Waals surface area contributed by atoms with E-state index in [1.54, 1.807) is 18.2 Å². The zero-order chi connectivity index (χ0) is 28.9. The van der Waals surface area contributed by atoms with Crippen LogP contribution in [0.3, 0.4) is 0 Å². The van der Waals surface area contributed by atoms with Gasteiger partial charge in [-0.2, -0.15) is 0 Å². The Morgan fingerprint density at radius 2 is 1.48 bits per heavy atom. The van der Waals surface area contributed by atoms with Gasteiger partial charge in [-0.05, 0) is 49.1 Å². The van der Waals surface area contributed by atoms with Gasteiger partial charge < -0.3 is 42.7 Å². The monoisotopic (exact) mass is 552 g/mol. The highest BCUT2D eigenvalue weighted by atomic mass is 16.2. The van der Waals surface area contributed by atoms with E-state index in [9.17, 15) is 24.0 Å². The summed E-state index contributed by atoms with van der Waals surface area (Å²) < 4.78 is 0. The average Bonchev–Trinajstić information content (AvgIpc) is 3.33. The number of carbonyl (C=O) groups excluding carboxylic acids is 4. The number of imidazole rings is 1. The van der Waals surface area contributed by atoms with E-state index < -0.39 is 35.7 Å². The maximum atomic E-state index is 13.0. The molecule has 214 valence electrons. The first kappa shape index (κ1) is 30.1. The van der Waals surface area contributed by atoms with Crippen molar-refractivity contribution in [3.05, 3.63) is 70.1 Å². The van der Waals surface area contributed by atoms with Gasteiger partial charge in [-0.3, -0.25) is 19.2 Å². The van der Waals surface area contributed by atoms with Gasteiger partial charge in [-0.15, -0.1) is 0 Å². The van der Waals surface area contributed by atoms with Crippen molar-refractivity contribution >= 4 is 34.7 Å². The molecule has 0 spiro atoms. The Hall–Kier alpha value is -4.49. The van der Waals surface area contributed by atoms with Gasteiger partial charge >= 0.3 is 5.69 Å². The van der Waals surface area contributed by atoms with Gasteiger partial charge in [-0.25, -0.2) is 4.79 Å². The Morgan fingerprint density at radius 1 is 0.775 bits per heavy atom. The van der Waals surface area contributed by atoms with E-state index in [-0.39, 0.29) is 31.7 Å². The molecule has 1 heterocycles. The topological polar surface area (TPSA) is 217 Å². The third kappa shape index (κ3) is 9.36. The number of unbranched alkanes of at least 4 members (excludes halogenated alkanes) is 1. The lowest BCUT2D eigenvalue weighted by atomic mass is 10.1. The summed E-state index contributed by atoms with van der Waals surface area (Å²) in [5.41, 5.74) is 13.5. The molecule has 0 unspecified atom stereocenters. The van der Waals surface area contributed by atoms with Crippen LogP contribution in [0, 0.1) is 0 Å². The Kier molecular flexibility index (Phi) is 11.4. The molecule has 1 aromatic heterocycles. The van der Waals surface area contributed by atoms with E-state index in [4.69, 9.17) is 11.5 Å². The second kappa shape index (κ2) is 15.2. The summed E-state index contributed by atoms with van der Waals surface area (Å²) in [4.78, 5) is 67.1. The average molecular weight is 553 g/mol. The number of rotatable bonds is 15. The molecule has 10 N–H and O–H groups in total. The van der Waals surface area contributed by atoms with E-state index in [0.717, 1.165) is 11.1 Å². The number of fused-ring (bicyclic) bond motifs is 1. The minimum atomic E-state index is -0.929. The number of nitrogens with two attached hydrogens (primary N) is 2. The summed E-state index contributed by atoms with van der Waals surface area (Å²) in [5, 5.41) is 10.6. The third-order valence-corrected chi connectivity index (χ3v) is 6.19. The van der Waals surface area contributed by atoms with Crippen molar-refractivity contribution in [1.82, 2.24) is 31.2 Å². The van der Waals surface area contributed by atoms with Gasteiger partial charge in [0.05, 0.1) is 24.1 Å². The van der Waals surface area contributed by atoms with Crippen LogP contribution in [0.5, 0.6) is 0 Å². The van der Waals surface area contributed by atoms with E-state index in [2.05, 4.69) is 31.2 Å². The van der Waals surface area contributed by atoms with Crippen molar-refractivity contribution < 1.29 is 19.2 Å². The van der Waals surface area contributed by atoms with Crippen LogP contribution >= 0.6 is 0 Å². The normalized spacial score (nSPS) is 12.3. The zero-order valence-electron chi connectivity index (χ0n) is 22.1. The van der Waals surface area contributed by atoms with Crippen LogP contribution in [0.2, 0.25) is 0 Å². The standard InChI is InChI=1S/C27H36N8O5/c28-11-5-4-8-20(25(38)30-15-18-9-10-19-21(13-18)35-27(40)34-19)32-24(37)16-31-26(39)22(33-23(36)14-29)12-17-6-2-1-3-7-17/h1-3,6-7,9-10,13,20,22H,4-5,8,11-12,14-16,28-29H2,(H,30,38)(H,31,39)(H,32,37)(H,33,36)(H2,34,35,40)/t20-,22-/m1/s1. The fourth-order valence-corrected chi connectivity index (χ4v) is 4.11. The number of amides is 4. The van der Waals surface area contributed by atoms with E-state index in [0.29, 0.717) is 36.8 Å². The highest BCUT2D eigenvalue weighted by Gasteiger charge is 2.24. The highest BCUT2D eigenvalue weighted by molar-refractivity contribution is 5.93. The van der Waals surface area contributed by atoms with Crippen molar-refractivity contribution in [2.75, 3.05) is 19.6 Å². The molecule has 0 aliphatic heterocycles. The summed E-state index contributed by atoms with van der Waals surface area (Å²) in [6, 6.07) is 12.6. The molecule has 40 heavy (non-hydrogen) atoms. The van der Waals surface area contributed by atoms with Crippen molar-refractivity contribution in [1.29, 1.82) is 0 Å². The number of aromatic nitrogens is 2. The van der Waals surface area contributed by atoms with Crippen LogP contribution in [0.15, 0.2) is 53.3 Å². The lowest BCUT2D eigenvalue weighted by Crippen LogP contribution is -2.53. The molecule has 0 radical (unpaired) electrons. The fourth-order valence-electron chi connectivity index (χ4n) is 4.11. The molecular formula is C27H36N8O5. The van der Waals surface area contributed by atoms with Crippen LogP contribution in [0.1, 0.15) is 30.4 Å². The number of nitrogens with one attached hydrogen (secondary N) is 6. The van der Waals surface area contributed by atoms with Crippen molar-refractivity contribution in [2.45, 2.75) is 44.3 Å². The lowest BCUT2D eigenvalue weighted by molar-refractivity contribution is -0.131. The molecule has 0 fully saturated rings. The second-order valence-electron chi connectivity index (χ2n) is 9.31. The molecule has 2 atom stereocenters. The predicted molar refractivity (Wildman–Crippen MR) is 150 cm³/mol. The van der Waals surface area contributed by atoms with E-state index in [1.807, 2.05) is 30.3 Å². The smallest absolute Gasteiger partial charge is 0.323 e. The Bertz CT molecular complexity index is 1350. The van der Waals surface area contributed by atoms with Crippen LogP contribution in [-0.4, -0.2) is 65.3 Å². The number of hydrogen-bond acceptors (Lipinski definition) is 7. The zero-order valence-corrected chi connectivity index (χ0v) is 22.1. The van der Waals surface area contributed by atoms with Crippen molar-refractivity contribution in [3.63, 3.8) is 0 Å². The van der Waals surface area contributed by atoms with Crippen LogP contribution in [-0.2, 0) is 32.1 Å². The van der Waals surface area contributed by atoms with Gasteiger partial charge in [0.1, 0.15) is 12.1 Å². The highest BCUT2D eigenvalue weighted by Crippen LogP contribution is 2.10. The van der Waals surface area contributed by atoms with Crippen LogP contribution < -0.4 is 38.4 Å². The maximum absolute atomic E-state index is 13.0. The summed E-state index contributed by atoms with van der Waals surface area (Å²) in [6.07, 6.45) is 1.86. The van der Waals surface area contributed by atoms with Crippen molar-refractivity contribution in [3.8, 4) is 0 Å². The van der Waals surface area contributed by atoms with Gasteiger partial charge in [0.15, 0.2) is 0 Å². The van der Waals surface area contributed by atoms with Crippen LogP contribution in [0.4, 0.5) is 0 Å². The molecule has 2 aromatic carbocycles. The molecule has 13 heteroatoms. The molecule has 0 saturated carbocycles. The Labute approximate surface area is 230 Å². The largest absolute Gasteiger partial charge is 0.350 e. The molecular weight excluding hydrogens is 516 g/mol. The van der Waals surface area contributed by atoms with Gasteiger partial charge in [0.2, 0.25) is 23.6 Å². The maximum Gasteiger partial charge on any atom is 0.323 e. The second-order valence-corrected chi connectivity index (χ2v) is 9.31. The van der Waals surface area contributed by atoms with Crippen LogP contribution in [0.25, 0.3) is 11.0 Å². The molecule has 0 bridgehead atoms. The first-order valence-corrected chi connectivity index (χ1v) is 13.1. The summed E-state index contributed by atoms with van der Waals surface area (Å²) in [6.45, 7) is -0.0367. The molecule has 0 saturated heterocycles. The lowest BCUT2D eigenvalue weighted by Gasteiger charge is -2.20. The predicted octanol–water partition coefficient (Wildman–Crippen LogP) is -1.11. The minimum Gasteiger partial charge on any atom is -0.350 e. The number of carbonyl (C=O) groups is 4. The van der Waals surface area contributed by atoms with Gasteiger partial charge in [-0.1, -0.05) is 36.4 Å². The first-order chi connectivity index (χ1) is 19.3. The molecule has 0 aliphatic rings. The molecule has 3 rings (SSSR count). The van der Waals surface area contributed by atoms with Gasteiger partial charge in [0.25, 0.3) is 0 Å². The van der Waals surface area contributed by atoms with E-state index >= 15 is 0 Å². The summed E-state index contributed by atoms with van der Waals surface area (Å²) in [7, 11) is 0. The summed E-state index contributed by atoms with van der Waals surface area (Å²) >= 11 is 0. The molecule has 0 aliphatic carbocycles. The minimum absolute atomic E-state index is 0.185. The van der Waals surface area contributed by atoms with Crippen molar-refractivity contribution in [2.24, 2.45) is 11.5 Å². The first-order valence-electron chi connectivity index (χ1n) is 13.1. The Morgan fingerprint density at radius 3 is 2.20 bits per heavy atom. The summed E-state index contributed by atoms with van der Waals surface area (Å²) in [5.74, 6) is -2.00. The number of benzene rings is 2. The SMILES string of the molecule is NCCCC[C@@H](NC(=O)CNC(=O)[C@@H](Cc1ccccc1)NC(=O)CN)C(=O)NCc1ccc2[nH]c(=O)[nH]c2c1. The van der Waals surface area contributed by atoms with E-state index in [1.165, 1.54) is 0 Å².